The van der Waals surface area contributed by atoms with Crippen LogP contribution < -0.4 is 14.8 Å². The highest BCUT2D eigenvalue weighted by molar-refractivity contribution is 9.10. The summed E-state index contributed by atoms with van der Waals surface area (Å²) in [7, 11) is 0. The molecule has 1 heterocycles. The molecule has 0 atom stereocenters. The minimum Gasteiger partial charge on any atom is -0.490 e. The van der Waals surface area contributed by atoms with Crippen molar-refractivity contribution in [3.8, 4) is 17.4 Å². The predicted molar refractivity (Wildman–Crippen MR) is 87.0 cm³/mol. The van der Waals surface area contributed by atoms with E-state index in [1.165, 1.54) is 0 Å². The van der Waals surface area contributed by atoms with Crippen LogP contribution in [0.4, 0.5) is 0 Å². The van der Waals surface area contributed by atoms with E-state index in [1.807, 2.05) is 37.3 Å². The summed E-state index contributed by atoms with van der Waals surface area (Å²) in [5.41, 5.74) is 0.998. The van der Waals surface area contributed by atoms with Gasteiger partial charge in [0, 0.05) is 22.8 Å². The number of ether oxygens (including phenoxy) is 2. The van der Waals surface area contributed by atoms with Crippen LogP contribution >= 0.6 is 15.9 Å². The summed E-state index contributed by atoms with van der Waals surface area (Å²) in [4.78, 5) is 4.36. The number of hydrogen-bond acceptors (Lipinski definition) is 4. The fraction of sp³-hybridized carbons (Fsp3) is 0.312. The number of nitrogens with zero attached hydrogens (tertiary/aromatic N) is 1. The van der Waals surface area contributed by atoms with E-state index >= 15 is 0 Å². The van der Waals surface area contributed by atoms with Crippen molar-refractivity contribution in [1.82, 2.24) is 10.3 Å². The Labute approximate surface area is 133 Å². The summed E-state index contributed by atoms with van der Waals surface area (Å²) in [5, 5.41) is 3.29. The average molecular weight is 351 g/mol. The van der Waals surface area contributed by atoms with Crippen molar-refractivity contribution < 1.29 is 9.47 Å². The van der Waals surface area contributed by atoms with Crippen LogP contribution in [0.15, 0.2) is 41.0 Å². The molecule has 0 saturated carbocycles. The molecule has 0 fully saturated rings. The monoisotopic (exact) mass is 350 g/mol. The van der Waals surface area contributed by atoms with Crippen molar-refractivity contribution in [3.63, 3.8) is 0 Å². The maximum atomic E-state index is 5.95. The van der Waals surface area contributed by atoms with E-state index in [-0.39, 0.29) is 0 Å². The van der Waals surface area contributed by atoms with Crippen LogP contribution in [0.1, 0.15) is 19.4 Å². The van der Waals surface area contributed by atoms with Gasteiger partial charge in [0.1, 0.15) is 0 Å². The second-order valence-electron chi connectivity index (χ2n) is 4.38. The van der Waals surface area contributed by atoms with E-state index in [0.717, 1.165) is 22.3 Å². The summed E-state index contributed by atoms with van der Waals surface area (Å²) in [6, 6.07) is 9.62. The van der Waals surface area contributed by atoms with E-state index in [0.29, 0.717) is 24.8 Å². The van der Waals surface area contributed by atoms with Gasteiger partial charge in [0.05, 0.1) is 6.61 Å². The smallest absolute Gasteiger partial charge is 0.223 e. The lowest BCUT2D eigenvalue weighted by atomic mass is 10.2. The number of hydrogen-bond donors (Lipinski definition) is 1. The molecule has 1 aromatic carbocycles. The molecule has 0 spiro atoms. The molecule has 112 valence electrons. The van der Waals surface area contributed by atoms with Crippen LogP contribution in [-0.4, -0.2) is 18.1 Å². The third-order valence-electron chi connectivity index (χ3n) is 2.81. The van der Waals surface area contributed by atoms with Crippen LogP contribution in [-0.2, 0) is 6.54 Å². The number of para-hydroxylation sites is 2. The Morgan fingerprint density at radius 2 is 1.95 bits per heavy atom. The molecule has 0 unspecified atom stereocenters. The number of pyridine rings is 1. The second-order valence-corrected chi connectivity index (χ2v) is 5.30. The maximum absolute atomic E-state index is 5.95. The summed E-state index contributed by atoms with van der Waals surface area (Å²) < 4.78 is 12.5. The number of nitrogens with one attached hydrogen (secondary N) is 1. The Bertz CT molecular complexity index is 590. The molecule has 1 N–H and O–H groups in total. The van der Waals surface area contributed by atoms with Crippen LogP contribution in [0, 0.1) is 0 Å². The first-order valence-corrected chi connectivity index (χ1v) is 7.78. The van der Waals surface area contributed by atoms with E-state index < -0.39 is 0 Å². The summed E-state index contributed by atoms with van der Waals surface area (Å²) >= 11 is 3.44. The molecule has 0 amide bonds. The van der Waals surface area contributed by atoms with Crippen LogP contribution in [0.25, 0.3) is 0 Å². The molecular formula is C16H19BrN2O2. The van der Waals surface area contributed by atoms with Crippen LogP contribution in [0.2, 0.25) is 0 Å². The Morgan fingerprint density at radius 3 is 2.67 bits per heavy atom. The number of benzene rings is 1. The standard InChI is InChI=1S/C16H19BrN2O2/c1-3-18-10-12-9-13(17)11-19-16(12)21-15-8-6-5-7-14(15)20-4-2/h5-9,11,18H,3-4,10H2,1-2H3. The lowest BCUT2D eigenvalue weighted by Gasteiger charge is -2.13. The molecule has 0 bridgehead atoms. The molecule has 5 heteroatoms. The van der Waals surface area contributed by atoms with Gasteiger partial charge in [0.2, 0.25) is 5.88 Å². The molecular weight excluding hydrogens is 332 g/mol. The van der Waals surface area contributed by atoms with Crippen molar-refractivity contribution in [2.75, 3.05) is 13.2 Å². The van der Waals surface area contributed by atoms with Crippen LogP contribution in [0.3, 0.4) is 0 Å². The molecule has 2 aromatic rings. The van der Waals surface area contributed by atoms with E-state index in [2.05, 4.69) is 33.2 Å². The first kappa shape index (κ1) is 15.8. The lowest BCUT2D eigenvalue weighted by molar-refractivity contribution is 0.319. The van der Waals surface area contributed by atoms with Gasteiger partial charge in [-0.2, -0.15) is 0 Å². The normalized spacial score (nSPS) is 10.4. The minimum atomic E-state index is 0.589. The Morgan fingerprint density at radius 1 is 1.19 bits per heavy atom. The van der Waals surface area contributed by atoms with E-state index in [1.54, 1.807) is 6.20 Å². The number of rotatable bonds is 7. The highest BCUT2D eigenvalue weighted by atomic mass is 79.9. The van der Waals surface area contributed by atoms with Gasteiger partial charge in [-0.3, -0.25) is 0 Å². The molecule has 0 radical (unpaired) electrons. The summed E-state index contributed by atoms with van der Waals surface area (Å²) in [6.07, 6.45) is 1.73. The summed E-state index contributed by atoms with van der Waals surface area (Å²) in [5.74, 6) is 1.98. The fourth-order valence-electron chi connectivity index (χ4n) is 1.86. The maximum Gasteiger partial charge on any atom is 0.223 e. The first-order valence-electron chi connectivity index (χ1n) is 6.99. The topological polar surface area (TPSA) is 43.4 Å². The van der Waals surface area contributed by atoms with Crippen molar-refractivity contribution in [2.24, 2.45) is 0 Å². The predicted octanol–water partition coefficient (Wildman–Crippen LogP) is 4.14. The Balaban J connectivity index is 2.26. The van der Waals surface area contributed by atoms with Gasteiger partial charge in [-0.25, -0.2) is 4.98 Å². The van der Waals surface area contributed by atoms with Gasteiger partial charge in [0.25, 0.3) is 0 Å². The van der Waals surface area contributed by atoms with E-state index in [4.69, 9.17) is 9.47 Å². The third-order valence-corrected chi connectivity index (χ3v) is 3.25. The highest BCUT2D eigenvalue weighted by Crippen LogP contribution is 2.32. The molecule has 21 heavy (non-hydrogen) atoms. The van der Waals surface area contributed by atoms with Gasteiger partial charge in [-0.1, -0.05) is 19.1 Å². The number of halogens is 1. The van der Waals surface area contributed by atoms with Crippen molar-refractivity contribution >= 4 is 15.9 Å². The SMILES string of the molecule is CCNCc1cc(Br)cnc1Oc1ccccc1OCC. The van der Waals surface area contributed by atoms with Gasteiger partial charge in [-0.15, -0.1) is 0 Å². The quantitative estimate of drug-likeness (QED) is 0.814. The minimum absolute atomic E-state index is 0.589. The Hall–Kier alpha value is -1.59. The molecule has 2 rings (SSSR count). The van der Waals surface area contributed by atoms with Crippen molar-refractivity contribution in [2.45, 2.75) is 20.4 Å². The number of aromatic nitrogens is 1. The Kier molecular flexibility index (Phi) is 6.02. The van der Waals surface area contributed by atoms with Gasteiger partial charge in [0.15, 0.2) is 11.5 Å². The molecule has 0 aliphatic rings. The molecule has 0 saturated heterocycles. The average Bonchev–Trinajstić information content (AvgIpc) is 2.49. The molecule has 0 aliphatic heterocycles. The zero-order valence-corrected chi connectivity index (χ0v) is 13.8. The molecule has 1 aromatic heterocycles. The first-order chi connectivity index (χ1) is 10.2. The zero-order chi connectivity index (χ0) is 15.1. The molecule has 4 nitrogen and oxygen atoms in total. The zero-order valence-electron chi connectivity index (χ0n) is 12.2. The second kappa shape index (κ2) is 8.00. The van der Waals surface area contributed by atoms with Gasteiger partial charge >= 0.3 is 0 Å². The molecule has 0 aliphatic carbocycles. The summed E-state index contributed by atoms with van der Waals surface area (Å²) in [6.45, 7) is 6.20. The van der Waals surface area contributed by atoms with Gasteiger partial charge < -0.3 is 14.8 Å². The van der Waals surface area contributed by atoms with Crippen molar-refractivity contribution in [1.29, 1.82) is 0 Å². The largest absolute Gasteiger partial charge is 0.490 e. The lowest BCUT2D eigenvalue weighted by Crippen LogP contribution is -2.13. The fourth-order valence-corrected chi connectivity index (χ4v) is 2.24. The highest BCUT2D eigenvalue weighted by Gasteiger charge is 2.10. The van der Waals surface area contributed by atoms with Crippen molar-refractivity contribution in [3.05, 3.63) is 46.6 Å². The van der Waals surface area contributed by atoms with E-state index in [9.17, 15) is 0 Å². The van der Waals surface area contributed by atoms with Gasteiger partial charge in [-0.05, 0) is 47.6 Å². The third kappa shape index (κ3) is 4.44. The van der Waals surface area contributed by atoms with Crippen LogP contribution in [0.5, 0.6) is 17.4 Å².